The highest BCUT2D eigenvalue weighted by molar-refractivity contribution is 8.00. The predicted molar refractivity (Wildman–Crippen MR) is 101 cm³/mol. The summed E-state index contributed by atoms with van der Waals surface area (Å²) >= 11 is 2.89. The van der Waals surface area contributed by atoms with Gasteiger partial charge in [0.25, 0.3) is 0 Å². The molecule has 0 atom stereocenters. The molecule has 2 amide bonds. The SMILES string of the molecule is O=C(CSCC(=O)N1CCOCC1)Nc1cccc(-c2nccs2)c1. The molecule has 0 bridgehead atoms. The van der Waals surface area contributed by atoms with Crippen molar-refractivity contribution in [2.24, 2.45) is 0 Å². The summed E-state index contributed by atoms with van der Waals surface area (Å²) in [7, 11) is 0. The van der Waals surface area contributed by atoms with Crippen molar-refractivity contribution in [2.45, 2.75) is 0 Å². The molecule has 0 radical (unpaired) electrons. The zero-order chi connectivity index (χ0) is 17.5. The van der Waals surface area contributed by atoms with Crippen LogP contribution in [0.1, 0.15) is 0 Å². The number of thiazole rings is 1. The number of nitrogens with zero attached hydrogens (tertiary/aromatic N) is 2. The smallest absolute Gasteiger partial charge is 0.234 e. The lowest BCUT2D eigenvalue weighted by Crippen LogP contribution is -2.41. The van der Waals surface area contributed by atoms with Gasteiger partial charge in [0.05, 0.1) is 24.7 Å². The van der Waals surface area contributed by atoms with Gasteiger partial charge in [0.15, 0.2) is 0 Å². The normalized spacial score (nSPS) is 14.3. The van der Waals surface area contributed by atoms with Crippen LogP contribution in [0.25, 0.3) is 10.6 Å². The van der Waals surface area contributed by atoms with Crippen molar-refractivity contribution in [3.63, 3.8) is 0 Å². The third-order valence-electron chi connectivity index (χ3n) is 3.65. The number of amides is 2. The molecule has 2 aromatic rings. The van der Waals surface area contributed by atoms with Crippen molar-refractivity contribution in [2.75, 3.05) is 43.1 Å². The molecule has 1 saturated heterocycles. The van der Waals surface area contributed by atoms with Crippen molar-refractivity contribution in [1.82, 2.24) is 9.88 Å². The average molecular weight is 377 g/mol. The molecular weight excluding hydrogens is 358 g/mol. The van der Waals surface area contributed by atoms with Crippen LogP contribution in [-0.4, -0.2) is 59.5 Å². The number of carbonyl (C=O) groups excluding carboxylic acids is 2. The summed E-state index contributed by atoms with van der Waals surface area (Å²) in [6, 6.07) is 7.60. The summed E-state index contributed by atoms with van der Waals surface area (Å²) in [5.41, 5.74) is 1.71. The second-order valence-electron chi connectivity index (χ2n) is 5.45. The Kier molecular flexibility index (Phi) is 6.43. The van der Waals surface area contributed by atoms with Crippen LogP contribution in [0.15, 0.2) is 35.8 Å². The maximum atomic E-state index is 12.1. The van der Waals surface area contributed by atoms with E-state index in [1.54, 1.807) is 22.4 Å². The highest BCUT2D eigenvalue weighted by atomic mass is 32.2. The van der Waals surface area contributed by atoms with Crippen LogP contribution in [0.2, 0.25) is 0 Å². The fourth-order valence-corrected chi connectivity index (χ4v) is 3.78. The third-order valence-corrected chi connectivity index (χ3v) is 5.39. The number of rotatable bonds is 6. The van der Waals surface area contributed by atoms with E-state index < -0.39 is 0 Å². The Labute approximate surface area is 154 Å². The molecule has 1 aliphatic heterocycles. The van der Waals surface area contributed by atoms with Gasteiger partial charge in [0.2, 0.25) is 11.8 Å². The Morgan fingerprint density at radius 1 is 1.28 bits per heavy atom. The number of morpholine rings is 1. The minimum absolute atomic E-state index is 0.0619. The first-order valence-corrected chi connectivity index (χ1v) is 9.99. The van der Waals surface area contributed by atoms with Crippen LogP contribution in [0.5, 0.6) is 0 Å². The van der Waals surface area contributed by atoms with Gasteiger partial charge in [-0.3, -0.25) is 9.59 Å². The van der Waals surface area contributed by atoms with Crippen molar-refractivity contribution < 1.29 is 14.3 Å². The van der Waals surface area contributed by atoms with Gasteiger partial charge in [-0.25, -0.2) is 4.98 Å². The predicted octanol–water partition coefficient (Wildman–Crippen LogP) is 2.34. The summed E-state index contributed by atoms with van der Waals surface area (Å²) in [6.07, 6.45) is 1.76. The zero-order valence-electron chi connectivity index (χ0n) is 13.6. The molecule has 1 aliphatic rings. The van der Waals surface area contributed by atoms with Gasteiger partial charge in [-0.05, 0) is 12.1 Å². The molecule has 1 aromatic carbocycles. The highest BCUT2D eigenvalue weighted by Gasteiger charge is 2.17. The largest absolute Gasteiger partial charge is 0.378 e. The summed E-state index contributed by atoms with van der Waals surface area (Å²) in [4.78, 5) is 30.2. The molecule has 1 fully saturated rings. The van der Waals surface area contributed by atoms with Crippen molar-refractivity contribution in [1.29, 1.82) is 0 Å². The van der Waals surface area contributed by atoms with Gasteiger partial charge >= 0.3 is 0 Å². The molecular formula is C17H19N3O3S2. The highest BCUT2D eigenvalue weighted by Crippen LogP contribution is 2.24. The van der Waals surface area contributed by atoms with Crippen LogP contribution in [-0.2, 0) is 14.3 Å². The maximum Gasteiger partial charge on any atom is 0.234 e. The molecule has 0 spiro atoms. The number of aromatic nitrogens is 1. The lowest BCUT2D eigenvalue weighted by atomic mass is 10.2. The van der Waals surface area contributed by atoms with Gasteiger partial charge in [-0.1, -0.05) is 12.1 Å². The number of nitrogens with one attached hydrogen (secondary N) is 1. The molecule has 1 N–H and O–H groups in total. The molecule has 1 aromatic heterocycles. The summed E-state index contributed by atoms with van der Waals surface area (Å²) in [6.45, 7) is 2.45. The van der Waals surface area contributed by atoms with Crippen molar-refractivity contribution in [3.8, 4) is 10.6 Å². The number of hydrogen-bond donors (Lipinski definition) is 1. The summed E-state index contributed by atoms with van der Waals surface area (Å²) < 4.78 is 5.23. The fraction of sp³-hybridized carbons (Fsp3) is 0.353. The minimum atomic E-state index is -0.115. The van der Waals surface area contributed by atoms with Crippen LogP contribution in [0, 0.1) is 0 Å². The second kappa shape index (κ2) is 8.98. The van der Waals surface area contributed by atoms with Gasteiger partial charge in [-0.2, -0.15) is 0 Å². The van der Waals surface area contributed by atoms with E-state index >= 15 is 0 Å². The first-order chi connectivity index (χ1) is 12.2. The molecule has 132 valence electrons. The van der Waals surface area contributed by atoms with Crippen LogP contribution in [0.3, 0.4) is 0 Å². The lowest BCUT2D eigenvalue weighted by molar-refractivity contribution is -0.132. The fourth-order valence-electron chi connectivity index (χ4n) is 2.43. The Morgan fingerprint density at radius 2 is 2.12 bits per heavy atom. The Morgan fingerprint density at radius 3 is 2.88 bits per heavy atom. The van der Waals surface area contributed by atoms with E-state index in [2.05, 4.69) is 10.3 Å². The quantitative estimate of drug-likeness (QED) is 0.837. The van der Waals surface area contributed by atoms with Gasteiger partial charge < -0.3 is 15.0 Å². The van der Waals surface area contributed by atoms with Gasteiger partial charge in [0, 0.05) is 35.9 Å². The van der Waals surface area contributed by atoms with E-state index in [1.807, 2.05) is 29.6 Å². The van der Waals surface area contributed by atoms with Crippen molar-refractivity contribution >= 4 is 40.6 Å². The van der Waals surface area contributed by atoms with E-state index in [1.165, 1.54) is 11.8 Å². The first-order valence-electron chi connectivity index (χ1n) is 7.95. The van der Waals surface area contributed by atoms with Crippen molar-refractivity contribution in [3.05, 3.63) is 35.8 Å². The van der Waals surface area contributed by atoms with E-state index in [4.69, 9.17) is 4.74 Å². The first kappa shape index (κ1) is 17.9. The van der Waals surface area contributed by atoms with E-state index in [0.29, 0.717) is 32.1 Å². The van der Waals surface area contributed by atoms with E-state index in [0.717, 1.165) is 16.3 Å². The molecule has 0 unspecified atom stereocenters. The topological polar surface area (TPSA) is 71.5 Å². The van der Waals surface area contributed by atoms with Gasteiger partial charge in [0.1, 0.15) is 5.01 Å². The monoisotopic (exact) mass is 377 g/mol. The average Bonchev–Trinajstić information content (AvgIpc) is 3.17. The minimum Gasteiger partial charge on any atom is -0.378 e. The molecule has 25 heavy (non-hydrogen) atoms. The van der Waals surface area contributed by atoms with E-state index in [-0.39, 0.29) is 17.6 Å². The second-order valence-corrected chi connectivity index (χ2v) is 7.33. The molecule has 3 rings (SSSR count). The number of anilines is 1. The van der Waals surface area contributed by atoms with Crippen LogP contribution in [0.4, 0.5) is 5.69 Å². The number of benzene rings is 1. The molecule has 6 nitrogen and oxygen atoms in total. The molecule has 8 heteroatoms. The summed E-state index contributed by atoms with van der Waals surface area (Å²) in [5, 5.41) is 5.71. The number of ether oxygens (including phenoxy) is 1. The standard InChI is InChI=1S/C17H19N3O3S2/c21-15(11-24-12-16(22)20-5-7-23-8-6-20)19-14-3-1-2-13(10-14)17-18-4-9-25-17/h1-4,9-10H,5-8,11-12H2,(H,19,21). The molecule has 0 saturated carbocycles. The summed E-state index contributed by atoms with van der Waals surface area (Å²) in [5.74, 6) is 0.507. The Hall–Kier alpha value is -1.90. The Bertz CT molecular complexity index is 716. The van der Waals surface area contributed by atoms with Gasteiger partial charge in [-0.15, -0.1) is 23.1 Å². The third kappa shape index (κ3) is 5.29. The Balaban J connectivity index is 1.45. The van der Waals surface area contributed by atoms with Crippen LogP contribution < -0.4 is 5.32 Å². The molecule has 0 aliphatic carbocycles. The van der Waals surface area contributed by atoms with Crippen LogP contribution >= 0.6 is 23.1 Å². The van der Waals surface area contributed by atoms with E-state index in [9.17, 15) is 9.59 Å². The number of thioether (sulfide) groups is 1. The number of hydrogen-bond acceptors (Lipinski definition) is 6. The number of carbonyl (C=O) groups is 2. The molecule has 2 heterocycles. The lowest BCUT2D eigenvalue weighted by Gasteiger charge is -2.26. The maximum absolute atomic E-state index is 12.1. The zero-order valence-corrected chi connectivity index (χ0v) is 15.3.